The van der Waals surface area contributed by atoms with E-state index in [9.17, 15) is 13.2 Å². The van der Waals surface area contributed by atoms with E-state index in [2.05, 4.69) is 25.6 Å². The number of hydrogen-bond acceptors (Lipinski definition) is 8. The first-order valence-corrected chi connectivity index (χ1v) is 10.1. The zero-order valence-electron chi connectivity index (χ0n) is 17.8. The van der Waals surface area contributed by atoms with Gasteiger partial charge in [0, 0.05) is 35.6 Å². The van der Waals surface area contributed by atoms with Crippen molar-refractivity contribution in [2.24, 2.45) is 0 Å². The Bertz CT molecular complexity index is 1300. The lowest BCUT2D eigenvalue weighted by Crippen LogP contribution is -2.24. The molecular formula is C22H18F3N5O4. The monoisotopic (exact) mass is 473 g/mol. The number of aliphatic carboxylic acids is 1. The summed E-state index contributed by atoms with van der Waals surface area (Å²) in [6.45, 7) is 3.71. The summed E-state index contributed by atoms with van der Waals surface area (Å²) in [7, 11) is 0. The molecule has 0 saturated carbocycles. The van der Waals surface area contributed by atoms with Gasteiger partial charge in [-0.2, -0.15) is 18.2 Å². The van der Waals surface area contributed by atoms with Crippen molar-refractivity contribution in [1.82, 2.24) is 25.6 Å². The molecule has 176 valence electrons. The number of rotatable bonds is 3. The Morgan fingerprint density at radius 1 is 1.15 bits per heavy atom. The first-order chi connectivity index (χ1) is 16.2. The van der Waals surface area contributed by atoms with Gasteiger partial charge in [0.25, 0.3) is 5.89 Å². The van der Waals surface area contributed by atoms with Crippen LogP contribution in [-0.2, 0) is 17.8 Å². The second-order valence-electron chi connectivity index (χ2n) is 7.32. The SMILES string of the molecule is Cc1ncc2c(c1-c1noc(-c3cc(-c4ccccc4)on3)n1)CCNC2.O=C(O)C(F)(F)F. The van der Waals surface area contributed by atoms with Crippen molar-refractivity contribution in [3.8, 4) is 34.3 Å². The number of nitrogens with zero attached hydrogens (tertiary/aromatic N) is 4. The molecule has 0 atom stereocenters. The zero-order chi connectivity index (χ0) is 24.3. The summed E-state index contributed by atoms with van der Waals surface area (Å²) >= 11 is 0. The van der Waals surface area contributed by atoms with Crippen molar-refractivity contribution < 1.29 is 32.1 Å². The van der Waals surface area contributed by atoms with Gasteiger partial charge >= 0.3 is 12.1 Å². The van der Waals surface area contributed by atoms with Crippen LogP contribution in [0.2, 0.25) is 0 Å². The molecule has 4 heterocycles. The van der Waals surface area contributed by atoms with Gasteiger partial charge in [-0.3, -0.25) is 4.98 Å². The van der Waals surface area contributed by atoms with Crippen LogP contribution >= 0.6 is 0 Å². The second kappa shape index (κ2) is 9.43. The maximum atomic E-state index is 10.6. The van der Waals surface area contributed by atoms with Crippen molar-refractivity contribution in [3.05, 3.63) is 59.4 Å². The molecule has 0 fully saturated rings. The number of aryl methyl sites for hydroxylation is 1. The Labute approximate surface area is 190 Å². The van der Waals surface area contributed by atoms with Gasteiger partial charge in [0.1, 0.15) is 0 Å². The Kier molecular flexibility index (Phi) is 6.41. The van der Waals surface area contributed by atoms with Crippen LogP contribution in [0.5, 0.6) is 0 Å². The van der Waals surface area contributed by atoms with Gasteiger partial charge in [0.15, 0.2) is 11.5 Å². The molecule has 5 rings (SSSR count). The Morgan fingerprint density at radius 2 is 1.88 bits per heavy atom. The summed E-state index contributed by atoms with van der Waals surface area (Å²) in [5.41, 5.74) is 5.73. The lowest BCUT2D eigenvalue weighted by Gasteiger charge is -2.19. The van der Waals surface area contributed by atoms with Gasteiger partial charge in [-0.25, -0.2) is 4.79 Å². The van der Waals surface area contributed by atoms with Crippen molar-refractivity contribution in [2.45, 2.75) is 26.1 Å². The van der Waals surface area contributed by atoms with E-state index >= 15 is 0 Å². The lowest BCUT2D eigenvalue weighted by atomic mass is 9.95. The van der Waals surface area contributed by atoms with E-state index in [1.165, 1.54) is 11.1 Å². The minimum absolute atomic E-state index is 0.335. The Balaban J connectivity index is 0.000000344. The molecule has 34 heavy (non-hydrogen) atoms. The van der Waals surface area contributed by atoms with Gasteiger partial charge in [0.05, 0.1) is 0 Å². The fraction of sp³-hybridized carbons (Fsp3) is 0.227. The highest BCUT2D eigenvalue weighted by Gasteiger charge is 2.38. The number of fused-ring (bicyclic) bond motifs is 1. The highest BCUT2D eigenvalue weighted by molar-refractivity contribution is 5.73. The number of carboxylic acids is 1. The number of benzene rings is 1. The maximum Gasteiger partial charge on any atom is 0.490 e. The van der Waals surface area contributed by atoms with Crippen molar-refractivity contribution in [3.63, 3.8) is 0 Å². The first-order valence-electron chi connectivity index (χ1n) is 10.1. The predicted octanol–water partition coefficient (Wildman–Crippen LogP) is 4.04. The number of nitrogens with one attached hydrogen (secondary N) is 1. The van der Waals surface area contributed by atoms with Crippen molar-refractivity contribution in [1.29, 1.82) is 0 Å². The molecule has 0 unspecified atom stereocenters. The molecule has 0 saturated heterocycles. The molecule has 0 amide bonds. The van der Waals surface area contributed by atoms with E-state index in [-0.39, 0.29) is 0 Å². The molecule has 2 N–H and O–H groups in total. The first kappa shape index (κ1) is 23.1. The topological polar surface area (TPSA) is 127 Å². The van der Waals surface area contributed by atoms with Gasteiger partial charge in [0.2, 0.25) is 5.82 Å². The summed E-state index contributed by atoms with van der Waals surface area (Å²) in [5.74, 6) is -1.22. The molecule has 12 heteroatoms. The van der Waals surface area contributed by atoms with Gasteiger partial charge in [-0.1, -0.05) is 40.6 Å². The van der Waals surface area contributed by atoms with Crippen LogP contribution in [-0.4, -0.2) is 44.1 Å². The molecule has 1 aromatic carbocycles. The third kappa shape index (κ3) is 4.96. The maximum absolute atomic E-state index is 10.6. The Hall–Kier alpha value is -4.06. The van der Waals surface area contributed by atoms with Crippen LogP contribution in [0.3, 0.4) is 0 Å². The predicted molar refractivity (Wildman–Crippen MR) is 112 cm³/mol. The zero-order valence-corrected chi connectivity index (χ0v) is 17.8. The lowest BCUT2D eigenvalue weighted by molar-refractivity contribution is -0.192. The van der Waals surface area contributed by atoms with E-state index in [1.54, 1.807) is 0 Å². The summed E-state index contributed by atoms with van der Waals surface area (Å²) in [4.78, 5) is 18.0. The number of carboxylic acid groups (broad SMARTS) is 1. The summed E-state index contributed by atoms with van der Waals surface area (Å²) in [6.07, 6.45) is -2.24. The average molecular weight is 473 g/mol. The molecule has 1 aliphatic heterocycles. The number of carbonyl (C=O) groups is 1. The minimum atomic E-state index is -5.08. The normalized spacial score (nSPS) is 13.1. The second-order valence-corrected chi connectivity index (χ2v) is 7.32. The molecular weight excluding hydrogens is 455 g/mol. The number of pyridine rings is 1. The fourth-order valence-electron chi connectivity index (χ4n) is 3.41. The standard InChI is InChI=1S/C20H17N5O2.C2HF3O2/c1-12-18(15-7-8-21-10-14(15)11-22-12)19-23-20(27-25-19)16-9-17(26-24-16)13-5-3-2-4-6-13;3-2(4,5)1(6)7/h2-6,9,11,21H,7-8,10H2,1H3;(H,6,7). The van der Waals surface area contributed by atoms with Crippen LogP contribution in [0.4, 0.5) is 13.2 Å². The smallest absolute Gasteiger partial charge is 0.475 e. The Morgan fingerprint density at radius 3 is 2.59 bits per heavy atom. The highest BCUT2D eigenvalue weighted by atomic mass is 19.4. The van der Waals surface area contributed by atoms with Gasteiger partial charge in [-0.05, 0) is 31.0 Å². The van der Waals surface area contributed by atoms with Crippen molar-refractivity contribution in [2.75, 3.05) is 6.54 Å². The van der Waals surface area contributed by atoms with Gasteiger partial charge in [-0.15, -0.1) is 0 Å². The summed E-state index contributed by atoms with van der Waals surface area (Å²) < 4.78 is 42.6. The molecule has 9 nitrogen and oxygen atoms in total. The quantitative estimate of drug-likeness (QED) is 0.453. The third-order valence-electron chi connectivity index (χ3n) is 5.01. The minimum Gasteiger partial charge on any atom is -0.475 e. The summed E-state index contributed by atoms with van der Waals surface area (Å²) in [6, 6.07) is 11.6. The molecule has 0 radical (unpaired) electrons. The number of alkyl halides is 3. The number of hydrogen-bond donors (Lipinski definition) is 2. The highest BCUT2D eigenvalue weighted by Crippen LogP contribution is 2.31. The van der Waals surface area contributed by atoms with Gasteiger partial charge < -0.3 is 19.5 Å². The fourth-order valence-corrected chi connectivity index (χ4v) is 3.41. The molecule has 0 aliphatic carbocycles. The van der Waals surface area contributed by atoms with Crippen LogP contribution in [0, 0.1) is 6.92 Å². The molecule has 4 aromatic rings. The molecule has 0 bridgehead atoms. The van der Waals surface area contributed by atoms with E-state index in [1.807, 2.05) is 49.5 Å². The van der Waals surface area contributed by atoms with E-state index in [0.29, 0.717) is 23.2 Å². The molecule has 0 spiro atoms. The van der Waals surface area contributed by atoms with E-state index in [4.69, 9.17) is 18.9 Å². The number of aromatic nitrogens is 4. The van der Waals surface area contributed by atoms with E-state index in [0.717, 1.165) is 36.3 Å². The number of halogens is 3. The van der Waals surface area contributed by atoms with Crippen LogP contribution in [0.1, 0.15) is 16.8 Å². The molecule has 3 aromatic heterocycles. The van der Waals surface area contributed by atoms with Crippen LogP contribution < -0.4 is 5.32 Å². The largest absolute Gasteiger partial charge is 0.490 e. The summed E-state index contributed by atoms with van der Waals surface area (Å²) in [5, 5.41) is 18.8. The average Bonchev–Trinajstić information content (AvgIpc) is 3.49. The third-order valence-corrected chi connectivity index (χ3v) is 5.01. The van der Waals surface area contributed by atoms with E-state index < -0.39 is 12.1 Å². The molecule has 1 aliphatic rings. The van der Waals surface area contributed by atoms with Crippen LogP contribution in [0.25, 0.3) is 34.3 Å². The van der Waals surface area contributed by atoms with Crippen LogP contribution in [0.15, 0.2) is 51.6 Å². The van der Waals surface area contributed by atoms with Crippen molar-refractivity contribution >= 4 is 5.97 Å².